The molecule has 2 aromatic rings. The van der Waals surface area contributed by atoms with Crippen LogP contribution in [0, 0.1) is 0 Å². The Balaban J connectivity index is 2.20. The van der Waals surface area contributed by atoms with Crippen molar-refractivity contribution < 1.29 is 20.1 Å². The second kappa shape index (κ2) is 4.14. The normalized spacial score (nSPS) is 31.1. The third-order valence-corrected chi connectivity index (χ3v) is 3.46. The van der Waals surface area contributed by atoms with Gasteiger partial charge in [-0.2, -0.15) is 0 Å². The van der Waals surface area contributed by atoms with Crippen LogP contribution < -0.4 is 5.73 Å². The maximum absolute atomic E-state index is 10.1. The number of aromatic nitrogens is 3. The van der Waals surface area contributed by atoms with Crippen LogP contribution in [0.1, 0.15) is 0 Å². The summed E-state index contributed by atoms with van der Waals surface area (Å²) in [4.78, 5) is 8.02. The molecule has 5 N–H and O–H groups in total. The van der Waals surface area contributed by atoms with Crippen LogP contribution in [0.5, 0.6) is 0 Å². The Morgan fingerprint density at radius 3 is 2.89 bits per heavy atom. The zero-order valence-corrected chi connectivity index (χ0v) is 9.97. The fourth-order valence-electron chi connectivity index (χ4n) is 2.40. The van der Waals surface area contributed by atoms with Crippen LogP contribution in [0.4, 0.5) is 5.82 Å². The van der Waals surface area contributed by atoms with Gasteiger partial charge in [-0.25, -0.2) is 9.97 Å². The molecule has 0 spiro atoms. The molecule has 102 valence electrons. The van der Waals surface area contributed by atoms with Gasteiger partial charge in [-0.05, 0) is 6.07 Å². The molecular weight excluding hydrogens is 252 g/mol. The number of hydrogen-bond donors (Lipinski definition) is 4. The van der Waals surface area contributed by atoms with E-state index in [9.17, 15) is 15.3 Å². The van der Waals surface area contributed by atoms with Gasteiger partial charge < -0.3 is 25.8 Å². The highest BCUT2D eigenvalue weighted by Gasteiger charge is 2.50. The number of fused-ring (bicyclic) bond motifs is 1. The fraction of sp³-hybridized carbons (Fsp3) is 0.455. The van der Waals surface area contributed by atoms with Crippen molar-refractivity contribution in [3.05, 3.63) is 18.6 Å². The molecule has 0 aliphatic carbocycles. The molecule has 1 aliphatic heterocycles. The molecular formula is C11H14N4O4. The van der Waals surface area contributed by atoms with Crippen LogP contribution in [0.25, 0.3) is 11.0 Å². The highest BCUT2D eigenvalue weighted by atomic mass is 16.6. The van der Waals surface area contributed by atoms with Gasteiger partial charge in [0, 0.05) is 6.20 Å². The SMILES string of the molecule is Nc1nccc2c1ncn2[C@@]1(CO)OC[C@H](O)[C@@H]1O. The van der Waals surface area contributed by atoms with Crippen LogP contribution in [0.3, 0.4) is 0 Å². The third-order valence-electron chi connectivity index (χ3n) is 3.46. The minimum Gasteiger partial charge on any atom is -0.391 e. The summed E-state index contributed by atoms with van der Waals surface area (Å²) in [5, 5.41) is 29.3. The number of anilines is 1. The standard InChI is InChI=1S/C11H14N4O4/c12-10-8-6(1-2-13-10)15(5-14-8)11(4-16)9(18)7(17)3-19-11/h1-2,5,7,9,16-18H,3-4H2,(H2,12,13)/t7-,9-,11-/m0/s1. The van der Waals surface area contributed by atoms with Gasteiger partial charge in [-0.15, -0.1) is 0 Å². The lowest BCUT2D eigenvalue weighted by atomic mass is 10.1. The van der Waals surface area contributed by atoms with Gasteiger partial charge in [0.05, 0.1) is 25.1 Å². The molecule has 8 heteroatoms. The lowest BCUT2D eigenvalue weighted by Crippen LogP contribution is -2.48. The average Bonchev–Trinajstić information content (AvgIpc) is 2.96. The summed E-state index contributed by atoms with van der Waals surface area (Å²) in [7, 11) is 0. The second-order valence-electron chi connectivity index (χ2n) is 4.50. The summed E-state index contributed by atoms with van der Waals surface area (Å²) in [5.41, 5.74) is 5.27. The number of rotatable bonds is 2. The molecule has 3 atom stereocenters. The van der Waals surface area contributed by atoms with E-state index in [-0.39, 0.29) is 12.4 Å². The predicted octanol–water partition coefficient (Wildman–Crippen LogP) is -1.59. The first-order chi connectivity index (χ1) is 9.10. The molecule has 0 aromatic carbocycles. The molecule has 1 aliphatic rings. The summed E-state index contributed by atoms with van der Waals surface area (Å²) in [6.07, 6.45) is 0.576. The molecule has 0 unspecified atom stereocenters. The Kier molecular flexibility index (Phi) is 2.68. The zero-order valence-electron chi connectivity index (χ0n) is 9.97. The van der Waals surface area contributed by atoms with E-state index in [0.717, 1.165) is 0 Å². The molecule has 8 nitrogen and oxygen atoms in total. The monoisotopic (exact) mass is 266 g/mol. The summed E-state index contributed by atoms with van der Waals surface area (Å²) in [6.45, 7) is -0.569. The van der Waals surface area contributed by atoms with Crippen molar-refractivity contribution in [2.45, 2.75) is 17.9 Å². The first kappa shape index (κ1) is 12.3. The summed E-state index contributed by atoms with van der Waals surface area (Å²) in [5.74, 6) is 0.248. The molecule has 2 aromatic heterocycles. The lowest BCUT2D eigenvalue weighted by molar-refractivity contribution is -0.149. The van der Waals surface area contributed by atoms with Gasteiger partial charge in [0.25, 0.3) is 0 Å². The molecule has 19 heavy (non-hydrogen) atoms. The Morgan fingerprint density at radius 2 is 2.26 bits per heavy atom. The van der Waals surface area contributed by atoms with E-state index >= 15 is 0 Å². The highest BCUT2D eigenvalue weighted by molar-refractivity contribution is 5.84. The van der Waals surface area contributed by atoms with E-state index < -0.39 is 24.5 Å². The number of pyridine rings is 1. The highest BCUT2D eigenvalue weighted by Crippen LogP contribution is 2.34. The van der Waals surface area contributed by atoms with Crippen molar-refractivity contribution in [2.24, 2.45) is 0 Å². The molecule has 0 amide bonds. The van der Waals surface area contributed by atoms with Crippen LogP contribution in [-0.4, -0.2) is 55.3 Å². The second-order valence-corrected chi connectivity index (χ2v) is 4.50. The molecule has 0 radical (unpaired) electrons. The number of nitrogens with two attached hydrogens (primary N) is 1. The van der Waals surface area contributed by atoms with Crippen LogP contribution in [0.2, 0.25) is 0 Å². The van der Waals surface area contributed by atoms with Crippen LogP contribution >= 0.6 is 0 Å². The van der Waals surface area contributed by atoms with Crippen molar-refractivity contribution in [1.29, 1.82) is 0 Å². The quantitative estimate of drug-likeness (QED) is 0.516. The number of hydrogen-bond acceptors (Lipinski definition) is 7. The van der Waals surface area contributed by atoms with Crippen molar-refractivity contribution >= 4 is 16.9 Å². The van der Waals surface area contributed by atoms with Gasteiger partial charge in [-0.1, -0.05) is 0 Å². The summed E-state index contributed by atoms with van der Waals surface area (Å²) < 4.78 is 6.89. The third kappa shape index (κ3) is 1.55. The van der Waals surface area contributed by atoms with Crippen LogP contribution in [0.15, 0.2) is 18.6 Å². The molecule has 1 saturated heterocycles. The maximum Gasteiger partial charge on any atom is 0.198 e. The van der Waals surface area contributed by atoms with E-state index in [2.05, 4.69) is 9.97 Å². The van der Waals surface area contributed by atoms with Crippen molar-refractivity contribution in [3.8, 4) is 0 Å². The Bertz CT molecular complexity index is 616. The van der Waals surface area contributed by atoms with E-state index in [1.54, 1.807) is 6.07 Å². The molecule has 3 heterocycles. The van der Waals surface area contributed by atoms with Gasteiger partial charge in [0.2, 0.25) is 0 Å². The van der Waals surface area contributed by atoms with E-state index in [4.69, 9.17) is 10.5 Å². The van der Waals surface area contributed by atoms with Gasteiger partial charge in [0.15, 0.2) is 11.5 Å². The minimum absolute atomic E-state index is 0.0675. The topological polar surface area (TPSA) is 127 Å². The number of aliphatic hydroxyl groups is 3. The number of imidazole rings is 1. The fourth-order valence-corrected chi connectivity index (χ4v) is 2.40. The van der Waals surface area contributed by atoms with Gasteiger partial charge in [-0.3, -0.25) is 4.57 Å². The van der Waals surface area contributed by atoms with Crippen molar-refractivity contribution in [1.82, 2.24) is 14.5 Å². The summed E-state index contributed by atoms with van der Waals surface area (Å²) >= 11 is 0. The number of nitrogens with zero attached hydrogens (tertiary/aromatic N) is 3. The molecule has 1 fully saturated rings. The first-order valence-corrected chi connectivity index (χ1v) is 5.79. The number of aliphatic hydroxyl groups excluding tert-OH is 3. The Morgan fingerprint density at radius 1 is 1.47 bits per heavy atom. The number of nitrogen functional groups attached to an aromatic ring is 1. The van der Waals surface area contributed by atoms with Gasteiger partial charge in [0.1, 0.15) is 17.7 Å². The molecule has 0 bridgehead atoms. The Labute approximate surface area is 108 Å². The Hall–Kier alpha value is -1.74. The molecule has 3 rings (SSSR count). The van der Waals surface area contributed by atoms with E-state index in [1.165, 1.54) is 17.1 Å². The smallest absolute Gasteiger partial charge is 0.198 e. The average molecular weight is 266 g/mol. The van der Waals surface area contributed by atoms with Crippen molar-refractivity contribution in [3.63, 3.8) is 0 Å². The van der Waals surface area contributed by atoms with E-state index in [0.29, 0.717) is 11.0 Å². The zero-order chi connectivity index (χ0) is 13.6. The maximum atomic E-state index is 10.1. The predicted molar refractivity (Wildman–Crippen MR) is 65.0 cm³/mol. The molecule has 0 saturated carbocycles. The number of ether oxygens (including phenoxy) is 1. The minimum atomic E-state index is -1.46. The first-order valence-electron chi connectivity index (χ1n) is 5.79. The largest absolute Gasteiger partial charge is 0.391 e. The van der Waals surface area contributed by atoms with E-state index in [1.807, 2.05) is 0 Å². The van der Waals surface area contributed by atoms with Gasteiger partial charge >= 0.3 is 0 Å². The van der Waals surface area contributed by atoms with Crippen LogP contribution in [-0.2, 0) is 10.5 Å². The van der Waals surface area contributed by atoms with Crippen molar-refractivity contribution in [2.75, 3.05) is 18.9 Å². The lowest BCUT2D eigenvalue weighted by Gasteiger charge is -2.31. The summed E-state index contributed by atoms with van der Waals surface area (Å²) in [6, 6.07) is 1.65.